The van der Waals surface area contributed by atoms with Crippen molar-refractivity contribution in [3.8, 4) is 0 Å². The first kappa shape index (κ1) is 13.2. The number of nitrogens with zero attached hydrogens (tertiary/aromatic N) is 4. The van der Waals surface area contributed by atoms with Crippen LogP contribution < -0.4 is 10.6 Å². The third-order valence-electron chi connectivity index (χ3n) is 3.68. The highest BCUT2D eigenvalue weighted by atomic mass is 15.3. The summed E-state index contributed by atoms with van der Waals surface area (Å²) in [6.45, 7) is 9.19. The zero-order valence-corrected chi connectivity index (χ0v) is 11.3. The molecule has 1 fully saturated rings. The van der Waals surface area contributed by atoms with Crippen molar-refractivity contribution in [1.29, 1.82) is 0 Å². The maximum absolute atomic E-state index is 5.62. The molecule has 0 radical (unpaired) electrons. The van der Waals surface area contributed by atoms with Gasteiger partial charge in [0.15, 0.2) is 0 Å². The van der Waals surface area contributed by atoms with E-state index in [2.05, 4.69) is 33.6 Å². The molecular weight excluding hydrogens is 226 g/mol. The highest BCUT2D eigenvalue weighted by Crippen LogP contribution is 2.19. The monoisotopic (exact) mass is 249 g/mol. The molecule has 2 rings (SSSR count). The van der Waals surface area contributed by atoms with Crippen LogP contribution in [0.25, 0.3) is 0 Å². The van der Waals surface area contributed by atoms with E-state index in [1.807, 2.05) is 6.07 Å². The van der Waals surface area contributed by atoms with Gasteiger partial charge in [-0.2, -0.15) is 0 Å². The molecule has 1 aromatic rings. The molecule has 1 aliphatic heterocycles. The predicted octanol–water partition coefficient (Wildman–Crippen LogP) is 0.856. The van der Waals surface area contributed by atoms with E-state index in [4.69, 9.17) is 5.73 Å². The molecule has 0 saturated carbocycles. The topological polar surface area (TPSA) is 58.3 Å². The van der Waals surface area contributed by atoms with Crippen molar-refractivity contribution in [2.24, 2.45) is 5.73 Å². The second kappa shape index (κ2) is 6.11. The largest absolute Gasteiger partial charge is 0.339 e. The van der Waals surface area contributed by atoms with Crippen LogP contribution in [0.3, 0.4) is 0 Å². The van der Waals surface area contributed by atoms with E-state index in [1.54, 1.807) is 6.20 Å². The molecule has 5 nitrogen and oxygen atoms in total. The summed E-state index contributed by atoms with van der Waals surface area (Å²) in [4.78, 5) is 13.6. The van der Waals surface area contributed by atoms with Crippen LogP contribution >= 0.6 is 0 Å². The Morgan fingerprint density at radius 3 is 2.89 bits per heavy atom. The molecule has 1 saturated heterocycles. The predicted molar refractivity (Wildman–Crippen MR) is 73.5 cm³/mol. The minimum atomic E-state index is 0.475. The molecule has 0 bridgehead atoms. The molecule has 2 heterocycles. The van der Waals surface area contributed by atoms with Crippen LogP contribution in [0.5, 0.6) is 0 Å². The van der Waals surface area contributed by atoms with Crippen LogP contribution in [0.2, 0.25) is 0 Å². The van der Waals surface area contributed by atoms with Crippen molar-refractivity contribution >= 4 is 5.95 Å². The molecule has 5 heteroatoms. The molecule has 100 valence electrons. The van der Waals surface area contributed by atoms with Crippen molar-refractivity contribution in [2.45, 2.75) is 32.9 Å². The minimum Gasteiger partial charge on any atom is -0.339 e. The minimum absolute atomic E-state index is 0.475. The highest BCUT2D eigenvalue weighted by Gasteiger charge is 2.27. The van der Waals surface area contributed by atoms with Gasteiger partial charge in [-0.15, -0.1) is 0 Å². The Hall–Kier alpha value is -1.20. The first-order valence-corrected chi connectivity index (χ1v) is 6.79. The summed E-state index contributed by atoms with van der Waals surface area (Å²) in [7, 11) is 0. The van der Waals surface area contributed by atoms with Gasteiger partial charge < -0.3 is 10.6 Å². The zero-order chi connectivity index (χ0) is 13.0. The molecule has 1 aromatic heterocycles. The van der Waals surface area contributed by atoms with Gasteiger partial charge in [0.25, 0.3) is 0 Å². The van der Waals surface area contributed by atoms with Crippen molar-refractivity contribution < 1.29 is 0 Å². The van der Waals surface area contributed by atoms with Gasteiger partial charge in [-0.1, -0.05) is 13.8 Å². The van der Waals surface area contributed by atoms with Gasteiger partial charge in [-0.3, -0.25) is 4.90 Å². The van der Waals surface area contributed by atoms with Crippen molar-refractivity contribution in [3.05, 3.63) is 18.0 Å². The number of aromatic nitrogens is 2. The highest BCUT2D eigenvalue weighted by molar-refractivity contribution is 5.32. The molecule has 18 heavy (non-hydrogen) atoms. The average Bonchev–Trinajstić information content (AvgIpc) is 2.90. The van der Waals surface area contributed by atoms with E-state index in [0.29, 0.717) is 12.6 Å². The lowest BCUT2D eigenvalue weighted by atomic mass is 10.2. The summed E-state index contributed by atoms with van der Waals surface area (Å²) < 4.78 is 0. The van der Waals surface area contributed by atoms with Crippen LogP contribution in [0.15, 0.2) is 12.3 Å². The number of likely N-dealkylation sites (N-methyl/N-ethyl adjacent to an activating group) is 1. The second-order valence-corrected chi connectivity index (χ2v) is 4.66. The maximum Gasteiger partial charge on any atom is 0.225 e. The van der Waals surface area contributed by atoms with E-state index >= 15 is 0 Å². The third-order valence-corrected chi connectivity index (χ3v) is 3.68. The molecule has 1 atom stereocenters. The van der Waals surface area contributed by atoms with E-state index in [9.17, 15) is 0 Å². The number of hydrogen-bond acceptors (Lipinski definition) is 5. The van der Waals surface area contributed by atoms with Gasteiger partial charge in [0.1, 0.15) is 0 Å². The first-order chi connectivity index (χ1) is 8.78. The molecule has 0 aromatic carbocycles. The van der Waals surface area contributed by atoms with E-state index in [0.717, 1.165) is 37.8 Å². The molecule has 1 aliphatic rings. The van der Waals surface area contributed by atoms with Crippen LogP contribution in [0.1, 0.15) is 26.0 Å². The van der Waals surface area contributed by atoms with Crippen LogP contribution in [-0.4, -0.2) is 47.1 Å². The Balaban J connectivity index is 2.03. The fraction of sp³-hybridized carbons (Fsp3) is 0.692. The summed E-state index contributed by atoms with van der Waals surface area (Å²) in [5, 5.41) is 0. The summed E-state index contributed by atoms with van der Waals surface area (Å²) in [6.07, 6.45) is 2.99. The molecule has 0 amide bonds. The fourth-order valence-electron chi connectivity index (χ4n) is 2.61. The van der Waals surface area contributed by atoms with Crippen LogP contribution in [-0.2, 0) is 6.54 Å². The van der Waals surface area contributed by atoms with E-state index in [1.165, 1.54) is 6.42 Å². The summed E-state index contributed by atoms with van der Waals surface area (Å²) in [6, 6.07) is 2.51. The first-order valence-electron chi connectivity index (χ1n) is 6.79. The van der Waals surface area contributed by atoms with Crippen molar-refractivity contribution in [3.63, 3.8) is 0 Å². The zero-order valence-electron chi connectivity index (χ0n) is 11.3. The number of hydrogen-bond donors (Lipinski definition) is 1. The third kappa shape index (κ3) is 2.79. The molecule has 0 spiro atoms. The van der Waals surface area contributed by atoms with Gasteiger partial charge in [0.05, 0.1) is 5.69 Å². The van der Waals surface area contributed by atoms with Gasteiger partial charge in [0.2, 0.25) is 5.95 Å². The lowest BCUT2D eigenvalue weighted by Gasteiger charge is -2.26. The van der Waals surface area contributed by atoms with Crippen molar-refractivity contribution in [1.82, 2.24) is 14.9 Å². The summed E-state index contributed by atoms with van der Waals surface area (Å²) >= 11 is 0. The van der Waals surface area contributed by atoms with Crippen molar-refractivity contribution in [2.75, 3.05) is 31.1 Å². The average molecular weight is 249 g/mol. The second-order valence-electron chi connectivity index (χ2n) is 4.66. The van der Waals surface area contributed by atoms with Gasteiger partial charge >= 0.3 is 0 Å². The summed E-state index contributed by atoms with van der Waals surface area (Å²) in [5.41, 5.74) is 6.53. The quantitative estimate of drug-likeness (QED) is 0.838. The lowest BCUT2D eigenvalue weighted by molar-refractivity contribution is 0.232. The standard InChI is InChI=1S/C13H23N5/c1-3-17(4-2)12-6-8-18(10-12)13-15-7-5-11(9-14)16-13/h5,7,12H,3-4,6,8-10,14H2,1-2H3. The van der Waals surface area contributed by atoms with Crippen LogP contribution in [0, 0.1) is 0 Å². The lowest BCUT2D eigenvalue weighted by Crippen LogP contribution is -2.37. The summed E-state index contributed by atoms with van der Waals surface area (Å²) in [5.74, 6) is 0.826. The van der Waals surface area contributed by atoms with Gasteiger partial charge in [-0.25, -0.2) is 9.97 Å². The number of nitrogens with two attached hydrogens (primary N) is 1. The maximum atomic E-state index is 5.62. The van der Waals surface area contributed by atoms with E-state index < -0.39 is 0 Å². The number of rotatable bonds is 5. The Morgan fingerprint density at radius 1 is 1.44 bits per heavy atom. The molecule has 0 aliphatic carbocycles. The Labute approximate surface area is 109 Å². The van der Waals surface area contributed by atoms with Gasteiger partial charge in [0, 0.05) is 31.9 Å². The Kier molecular flexibility index (Phi) is 4.49. The number of anilines is 1. The Morgan fingerprint density at radius 2 is 2.22 bits per heavy atom. The van der Waals surface area contributed by atoms with Gasteiger partial charge in [-0.05, 0) is 25.6 Å². The molecule has 2 N–H and O–H groups in total. The van der Waals surface area contributed by atoms with Crippen LogP contribution in [0.4, 0.5) is 5.95 Å². The van der Waals surface area contributed by atoms with E-state index in [-0.39, 0.29) is 0 Å². The molecule has 1 unspecified atom stereocenters. The normalized spacial score (nSPS) is 19.8. The smallest absolute Gasteiger partial charge is 0.225 e. The SMILES string of the molecule is CCN(CC)C1CCN(c2nccc(CN)n2)C1. The Bertz CT molecular complexity index is 377. The molecular formula is C13H23N5. The fourth-order valence-corrected chi connectivity index (χ4v) is 2.61.